The zero-order valence-electron chi connectivity index (χ0n) is 14.5. The van der Waals surface area contributed by atoms with E-state index in [0.29, 0.717) is 17.7 Å². The second kappa shape index (κ2) is 8.50. The number of ether oxygens (including phenoxy) is 1. The molecule has 0 bridgehead atoms. The molecule has 2 unspecified atom stereocenters. The lowest BCUT2D eigenvalue weighted by molar-refractivity contribution is 0.0235. The van der Waals surface area contributed by atoms with Gasteiger partial charge in [0, 0.05) is 31.3 Å². The van der Waals surface area contributed by atoms with Crippen molar-refractivity contribution >= 4 is 0 Å². The number of hydrogen-bond acceptors (Lipinski definition) is 3. The van der Waals surface area contributed by atoms with E-state index in [1.54, 1.807) is 0 Å². The molecule has 2 saturated heterocycles. The first kappa shape index (κ1) is 17.2. The van der Waals surface area contributed by atoms with Gasteiger partial charge in [0.05, 0.1) is 6.10 Å². The van der Waals surface area contributed by atoms with Crippen molar-refractivity contribution < 1.29 is 4.74 Å². The highest BCUT2D eigenvalue weighted by molar-refractivity contribution is 4.97. The fraction of sp³-hybridized carbons (Fsp3) is 1.00. The van der Waals surface area contributed by atoms with E-state index in [-0.39, 0.29) is 0 Å². The Morgan fingerprint density at radius 2 is 2.00 bits per heavy atom. The van der Waals surface area contributed by atoms with Gasteiger partial charge in [0.25, 0.3) is 0 Å². The Labute approximate surface area is 131 Å². The zero-order valence-corrected chi connectivity index (χ0v) is 14.5. The van der Waals surface area contributed by atoms with Gasteiger partial charge in [0.2, 0.25) is 0 Å². The number of nitrogens with zero attached hydrogens (tertiary/aromatic N) is 1. The third-order valence-electron chi connectivity index (χ3n) is 5.76. The van der Waals surface area contributed by atoms with Crippen molar-refractivity contribution in [2.75, 3.05) is 26.2 Å². The van der Waals surface area contributed by atoms with Gasteiger partial charge in [-0.25, -0.2) is 0 Å². The number of nitrogens with one attached hydrogen (secondary N) is 1. The average Bonchev–Trinajstić information content (AvgIpc) is 3.02. The molecule has 124 valence electrons. The maximum absolute atomic E-state index is 5.78. The van der Waals surface area contributed by atoms with E-state index in [2.05, 4.69) is 31.0 Å². The van der Waals surface area contributed by atoms with Gasteiger partial charge >= 0.3 is 0 Å². The van der Waals surface area contributed by atoms with Crippen LogP contribution in [0.5, 0.6) is 0 Å². The molecule has 2 fully saturated rings. The molecule has 2 atom stereocenters. The normalized spacial score (nSPS) is 29.9. The first-order valence-electron chi connectivity index (χ1n) is 9.34. The van der Waals surface area contributed by atoms with Crippen molar-refractivity contribution in [1.82, 2.24) is 10.2 Å². The quantitative estimate of drug-likeness (QED) is 0.741. The molecule has 0 aromatic carbocycles. The van der Waals surface area contributed by atoms with Crippen LogP contribution in [0.4, 0.5) is 0 Å². The third kappa shape index (κ3) is 4.43. The van der Waals surface area contributed by atoms with Gasteiger partial charge in [0.1, 0.15) is 0 Å². The molecule has 1 N–H and O–H groups in total. The van der Waals surface area contributed by atoms with E-state index in [4.69, 9.17) is 4.74 Å². The molecule has 0 amide bonds. The molecule has 2 heterocycles. The second-order valence-electron chi connectivity index (χ2n) is 7.02. The summed E-state index contributed by atoms with van der Waals surface area (Å²) in [4.78, 5) is 2.80. The molecule has 0 aliphatic carbocycles. The molecule has 0 aromatic heterocycles. The van der Waals surface area contributed by atoms with Gasteiger partial charge in [-0.3, -0.25) is 4.90 Å². The highest BCUT2D eigenvalue weighted by Gasteiger charge is 2.38. The summed E-state index contributed by atoms with van der Waals surface area (Å²) >= 11 is 0. The van der Waals surface area contributed by atoms with Crippen molar-refractivity contribution in [3.8, 4) is 0 Å². The van der Waals surface area contributed by atoms with Crippen LogP contribution < -0.4 is 5.32 Å². The first-order valence-corrected chi connectivity index (χ1v) is 9.34. The minimum Gasteiger partial charge on any atom is -0.378 e. The minimum atomic E-state index is 0.390. The summed E-state index contributed by atoms with van der Waals surface area (Å²) in [6, 6.07) is 0.698. The summed E-state index contributed by atoms with van der Waals surface area (Å²) < 4.78 is 5.78. The first-order chi connectivity index (χ1) is 10.2. The molecule has 0 radical (unpaired) electrons. The molecule has 3 nitrogen and oxygen atoms in total. The number of hydrogen-bond donors (Lipinski definition) is 1. The lowest BCUT2D eigenvalue weighted by Crippen LogP contribution is -2.64. The van der Waals surface area contributed by atoms with Crippen LogP contribution in [-0.2, 0) is 4.74 Å². The van der Waals surface area contributed by atoms with Crippen molar-refractivity contribution in [3.63, 3.8) is 0 Å². The SMILES string of the molecule is CCCC1CN(CCCC2CCCO2)C(CC)(CC)CN1. The maximum Gasteiger partial charge on any atom is 0.0576 e. The topological polar surface area (TPSA) is 24.5 Å². The predicted octanol–water partition coefficient (Wildman–Crippen LogP) is 3.58. The average molecular weight is 296 g/mol. The monoisotopic (exact) mass is 296 g/mol. The molecule has 0 aromatic rings. The van der Waals surface area contributed by atoms with Crippen LogP contribution in [0, 0.1) is 0 Å². The highest BCUT2D eigenvalue weighted by atomic mass is 16.5. The Balaban J connectivity index is 1.86. The van der Waals surface area contributed by atoms with Gasteiger partial charge < -0.3 is 10.1 Å². The molecule has 2 aliphatic heterocycles. The Morgan fingerprint density at radius 1 is 1.19 bits per heavy atom. The molecular formula is C18H36N2O. The van der Waals surface area contributed by atoms with E-state index in [9.17, 15) is 0 Å². The number of piperazine rings is 1. The van der Waals surface area contributed by atoms with Gasteiger partial charge in [-0.1, -0.05) is 27.2 Å². The summed E-state index contributed by atoms with van der Waals surface area (Å²) in [5.74, 6) is 0. The Hall–Kier alpha value is -0.120. The minimum absolute atomic E-state index is 0.390. The molecule has 0 spiro atoms. The fourth-order valence-corrected chi connectivity index (χ4v) is 4.17. The van der Waals surface area contributed by atoms with Gasteiger partial charge in [-0.15, -0.1) is 0 Å². The van der Waals surface area contributed by atoms with Crippen molar-refractivity contribution in [3.05, 3.63) is 0 Å². The summed E-state index contributed by atoms with van der Waals surface area (Å²) in [6.45, 7) is 11.7. The van der Waals surface area contributed by atoms with Crippen LogP contribution in [0.3, 0.4) is 0 Å². The van der Waals surface area contributed by atoms with E-state index in [1.165, 1.54) is 71.0 Å². The van der Waals surface area contributed by atoms with E-state index < -0.39 is 0 Å². The highest BCUT2D eigenvalue weighted by Crippen LogP contribution is 2.28. The Bertz CT molecular complexity index is 285. The molecule has 0 saturated carbocycles. The maximum atomic E-state index is 5.78. The summed E-state index contributed by atoms with van der Waals surface area (Å²) in [5.41, 5.74) is 0.390. The van der Waals surface area contributed by atoms with Gasteiger partial charge in [-0.05, 0) is 51.5 Å². The van der Waals surface area contributed by atoms with Gasteiger partial charge in [-0.2, -0.15) is 0 Å². The number of rotatable bonds is 8. The summed E-state index contributed by atoms with van der Waals surface area (Å²) in [7, 11) is 0. The van der Waals surface area contributed by atoms with Crippen LogP contribution in [0.25, 0.3) is 0 Å². The van der Waals surface area contributed by atoms with Crippen LogP contribution in [0.1, 0.15) is 72.1 Å². The Morgan fingerprint density at radius 3 is 2.62 bits per heavy atom. The van der Waals surface area contributed by atoms with Crippen LogP contribution in [-0.4, -0.2) is 48.8 Å². The molecule has 2 aliphatic rings. The molecular weight excluding hydrogens is 260 g/mol. The third-order valence-corrected chi connectivity index (χ3v) is 5.76. The lowest BCUT2D eigenvalue weighted by atomic mass is 9.86. The van der Waals surface area contributed by atoms with Crippen molar-refractivity contribution in [1.29, 1.82) is 0 Å². The Kier molecular flexibility index (Phi) is 6.97. The second-order valence-corrected chi connectivity index (χ2v) is 7.02. The standard InChI is InChI=1S/C18H36N2O/c1-4-9-16-14-20(18(5-2,6-3)15-19-16)12-7-10-17-11-8-13-21-17/h16-17,19H,4-15H2,1-3H3. The molecule has 3 heteroatoms. The predicted molar refractivity (Wildman–Crippen MR) is 89.8 cm³/mol. The van der Waals surface area contributed by atoms with E-state index >= 15 is 0 Å². The largest absolute Gasteiger partial charge is 0.378 e. The van der Waals surface area contributed by atoms with Crippen LogP contribution in [0.2, 0.25) is 0 Å². The van der Waals surface area contributed by atoms with E-state index in [0.717, 1.165) is 6.61 Å². The smallest absolute Gasteiger partial charge is 0.0576 e. The van der Waals surface area contributed by atoms with Crippen LogP contribution in [0.15, 0.2) is 0 Å². The van der Waals surface area contributed by atoms with Crippen molar-refractivity contribution in [2.24, 2.45) is 0 Å². The zero-order chi connectivity index (χ0) is 15.1. The van der Waals surface area contributed by atoms with Gasteiger partial charge in [0.15, 0.2) is 0 Å². The van der Waals surface area contributed by atoms with E-state index in [1.807, 2.05) is 0 Å². The summed E-state index contributed by atoms with van der Waals surface area (Å²) in [5, 5.41) is 3.81. The lowest BCUT2D eigenvalue weighted by Gasteiger charge is -2.50. The van der Waals surface area contributed by atoms with Crippen LogP contribution >= 0.6 is 0 Å². The summed E-state index contributed by atoms with van der Waals surface area (Å²) in [6.07, 6.45) is 10.8. The fourth-order valence-electron chi connectivity index (χ4n) is 4.17. The molecule has 21 heavy (non-hydrogen) atoms. The van der Waals surface area contributed by atoms with Crippen molar-refractivity contribution in [2.45, 2.75) is 89.8 Å². The molecule has 2 rings (SSSR count).